The Morgan fingerprint density at radius 2 is 1.76 bits per heavy atom. The zero-order chi connectivity index (χ0) is 20.6. The second kappa shape index (κ2) is 9.36. The quantitative estimate of drug-likeness (QED) is 0.529. The number of aromatic nitrogens is 4. The van der Waals surface area contributed by atoms with Gasteiger partial charge >= 0.3 is 0 Å². The average Bonchev–Trinajstić information content (AvgIpc) is 2.77. The van der Waals surface area contributed by atoms with E-state index in [1.54, 1.807) is 45.7 Å². The van der Waals surface area contributed by atoms with Crippen LogP contribution in [-0.2, 0) is 0 Å². The molecule has 0 bridgehead atoms. The van der Waals surface area contributed by atoms with Crippen LogP contribution in [0.5, 0.6) is 17.2 Å². The predicted octanol–water partition coefficient (Wildman–Crippen LogP) is 3.30. The average molecular weight is 394 g/mol. The maximum atomic E-state index is 5.38. The van der Waals surface area contributed by atoms with Crippen LogP contribution in [0.1, 0.15) is 0 Å². The van der Waals surface area contributed by atoms with Crippen LogP contribution in [0.15, 0.2) is 49.4 Å². The number of benzene rings is 1. The molecule has 0 amide bonds. The second-order valence-corrected chi connectivity index (χ2v) is 5.77. The van der Waals surface area contributed by atoms with Crippen LogP contribution in [0.25, 0.3) is 11.4 Å². The van der Waals surface area contributed by atoms with Gasteiger partial charge in [-0.25, -0.2) is 15.0 Å². The topological polar surface area (TPSA) is 103 Å². The Kier molecular flexibility index (Phi) is 6.41. The molecule has 0 radical (unpaired) electrons. The molecule has 0 unspecified atom stereocenters. The molecule has 0 fully saturated rings. The van der Waals surface area contributed by atoms with E-state index in [1.165, 1.54) is 6.33 Å². The third-order valence-corrected chi connectivity index (χ3v) is 3.94. The second-order valence-electron chi connectivity index (χ2n) is 5.77. The molecule has 0 aliphatic rings. The molecule has 2 N–H and O–H groups in total. The molecule has 3 aromatic rings. The minimum Gasteiger partial charge on any atom is -0.493 e. The van der Waals surface area contributed by atoms with Crippen molar-refractivity contribution in [3.63, 3.8) is 0 Å². The van der Waals surface area contributed by atoms with E-state index in [1.807, 2.05) is 12.1 Å². The van der Waals surface area contributed by atoms with Crippen LogP contribution in [0.2, 0.25) is 0 Å². The maximum absolute atomic E-state index is 5.38. The fourth-order valence-corrected chi connectivity index (χ4v) is 2.62. The van der Waals surface area contributed by atoms with Gasteiger partial charge in [-0.1, -0.05) is 6.08 Å². The summed E-state index contributed by atoms with van der Waals surface area (Å²) >= 11 is 0. The molecular weight excluding hydrogens is 372 g/mol. The van der Waals surface area contributed by atoms with Crippen LogP contribution >= 0.6 is 0 Å². The highest BCUT2D eigenvalue weighted by Gasteiger charge is 2.14. The zero-order valence-corrected chi connectivity index (χ0v) is 16.5. The molecule has 9 heteroatoms. The van der Waals surface area contributed by atoms with Gasteiger partial charge in [-0.15, -0.1) is 6.58 Å². The summed E-state index contributed by atoms with van der Waals surface area (Å²) in [6.07, 6.45) is 4.90. The first-order valence-electron chi connectivity index (χ1n) is 8.75. The lowest BCUT2D eigenvalue weighted by Crippen LogP contribution is -2.03. The first kappa shape index (κ1) is 19.9. The Morgan fingerprint density at radius 1 is 1.00 bits per heavy atom. The Bertz CT molecular complexity index is 970. The van der Waals surface area contributed by atoms with E-state index in [0.717, 1.165) is 5.56 Å². The Morgan fingerprint density at radius 3 is 2.41 bits per heavy atom. The molecule has 2 aromatic heterocycles. The highest BCUT2D eigenvalue weighted by atomic mass is 16.5. The fourth-order valence-electron chi connectivity index (χ4n) is 2.62. The van der Waals surface area contributed by atoms with Crippen molar-refractivity contribution in [2.45, 2.75) is 0 Å². The van der Waals surface area contributed by atoms with Crippen LogP contribution in [-0.4, -0.2) is 47.8 Å². The summed E-state index contributed by atoms with van der Waals surface area (Å²) in [7, 11) is 4.67. The molecule has 0 saturated heterocycles. The maximum Gasteiger partial charge on any atom is 0.230 e. The molecule has 0 aliphatic carbocycles. The molecular formula is C20H22N6O3. The normalized spacial score (nSPS) is 10.2. The summed E-state index contributed by atoms with van der Waals surface area (Å²) < 4.78 is 16.1. The third-order valence-electron chi connectivity index (χ3n) is 3.94. The van der Waals surface area contributed by atoms with Crippen molar-refractivity contribution >= 4 is 17.5 Å². The van der Waals surface area contributed by atoms with E-state index in [4.69, 9.17) is 14.2 Å². The zero-order valence-electron chi connectivity index (χ0n) is 16.5. The number of ether oxygens (including phenoxy) is 3. The summed E-state index contributed by atoms with van der Waals surface area (Å²) in [5.41, 5.74) is 1.49. The molecule has 1 aromatic carbocycles. The molecule has 9 nitrogen and oxygen atoms in total. The molecule has 150 valence electrons. The smallest absolute Gasteiger partial charge is 0.230 e. The summed E-state index contributed by atoms with van der Waals surface area (Å²) in [5.74, 6) is 3.15. The van der Waals surface area contributed by atoms with E-state index in [2.05, 4.69) is 37.1 Å². The molecule has 0 saturated carbocycles. The highest BCUT2D eigenvalue weighted by Crippen LogP contribution is 2.40. The van der Waals surface area contributed by atoms with Crippen molar-refractivity contribution in [3.05, 3.63) is 49.4 Å². The van der Waals surface area contributed by atoms with Gasteiger partial charge in [-0.2, -0.15) is 4.98 Å². The van der Waals surface area contributed by atoms with Crippen molar-refractivity contribution < 1.29 is 14.2 Å². The van der Waals surface area contributed by atoms with E-state index in [-0.39, 0.29) is 0 Å². The predicted molar refractivity (Wildman–Crippen MR) is 111 cm³/mol. The lowest BCUT2D eigenvalue weighted by Gasteiger charge is -2.14. The van der Waals surface area contributed by atoms with E-state index < -0.39 is 0 Å². The molecule has 0 atom stereocenters. The van der Waals surface area contributed by atoms with Gasteiger partial charge in [0.15, 0.2) is 17.3 Å². The van der Waals surface area contributed by atoms with Crippen LogP contribution in [0.4, 0.5) is 17.5 Å². The number of hydrogen-bond donors (Lipinski definition) is 2. The number of anilines is 3. The van der Waals surface area contributed by atoms with Gasteiger partial charge in [-0.3, -0.25) is 0 Å². The molecule has 0 aliphatic heterocycles. The van der Waals surface area contributed by atoms with Gasteiger partial charge in [-0.05, 0) is 12.1 Å². The van der Waals surface area contributed by atoms with Gasteiger partial charge in [0.25, 0.3) is 0 Å². The minimum absolute atomic E-state index is 0.377. The Balaban J connectivity index is 1.88. The van der Waals surface area contributed by atoms with Crippen molar-refractivity contribution in [2.75, 3.05) is 38.5 Å². The SMILES string of the molecule is C=CCNc1cc(-c2ncnc(Nc3cc(OC)c(OC)c(OC)c3)n2)ccn1. The molecule has 29 heavy (non-hydrogen) atoms. The highest BCUT2D eigenvalue weighted by molar-refractivity contribution is 5.66. The van der Waals surface area contributed by atoms with Crippen molar-refractivity contribution in [3.8, 4) is 28.6 Å². The van der Waals surface area contributed by atoms with Gasteiger partial charge in [0.1, 0.15) is 12.1 Å². The Labute approximate surface area is 168 Å². The minimum atomic E-state index is 0.377. The van der Waals surface area contributed by atoms with E-state index in [9.17, 15) is 0 Å². The van der Waals surface area contributed by atoms with Crippen molar-refractivity contribution in [2.24, 2.45) is 0 Å². The Hall–Kier alpha value is -3.88. The molecule has 2 heterocycles. The van der Waals surface area contributed by atoms with Crippen molar-refractivity contribution in [1.82, 2.24) is 19.9 Å². The first-order valence-corrected chi connectivity index (χ1v) is 8.75. The van der Waals surface area contributed by atoms with E-state index in [0.29, 0.717) is 47.1 Å². The van der Waals surface area contributed by atoms with Crippen LogP contribution in [0, 0.1) is 0 Å². The number of methoxy groups -OCH3 is 3. The van der Waals surface area contributed by atoms with Gasteiger partial charge in [0.2, 0.25) is 11.7 Å². The molecule has 0 spiro atoms. The van der Waals surface area contributed by atoms with Crippen LogP contribution in [0.3, 0.4) is 0 Å². The lowest BCUT2D eigenvalue weighted by molar-refractivity contribution is 0.324. The summed E-state index contributed by atoms with van der Waals surface area (Å²) in [5, 5.41) is 6.28. The number of hydrogen-bond acceptors (Lipinski definition) is 9. The standard InChI is InChI=1S/C20H22N6O3/c1-5-7-21-17-9-13(6-8-22-17)19-23-12-24-20(26-19)25-14-10-15(27-2)18(29-4)16(11-14)28-3/h5-6,8-12H,1,7H2,2-4H3,(H,21,22)(H,23,24,25,26). The number of nitrogens with zero attached hydrogens (tertiary/aromatic N) is 4. The number of nitrogens with one attached hydrogen (secondary N) is 2. The van der Waals surface area contributed by atoms with E-state index >= 15 is 0 Å². The monoisotopic (exact) mass is 394 g/mol. The first-order chi connectivity index (χ1) is 14.2. The number of pyridine rings is 1. The summed E-state index contributed by atoms with van der Waals surface area (Å²) in [6, 6.07) is 7.24. The largest absolute Gasteiger partial charge is 0.493 e. The molecule has 3 rings (SSSR count). The number of rotatable bonds is 9. The summed E-state index contributed by atoms with van der Waals surface area (Å²) in [6.45, 7) is 4.30. The van der Waals surface area contributed by atoms with Crippen molar-refractivity contribution in [1.29, 1.82) is 0 Å². The van der Waals surface area contributed by atoms with Gasteiger partial charge in [0.05, 0.1) is 21.3 Å². The lowest BCUT2D eigenvalue weighted by atomic mass is 10.2. The summed E-state index contributed by atoms with van der Waals surface area (Å²) in [4.78, 5) is 17.2. The third kappa shape index (κ3) is 4.70. The van der Waals surface area contributed by atoms with Crippen LogP contribution < -0.4 is 24.8 Å². The van der Waals surface area contributed by atoms with Gasteiger partial charge < -0.3 is 24.8 Å². The van der Waals surface area contributed by atoms with Gasteiger partial charge in [0, 0.05) is 36.1 Å². The fraction of sp³-hybridized carbons (Fsp3) is 0.200.